The van der Waals surface area contributed by atoms with Gasteiger partial charge in [0, 0.05) is 20.2 Å². The minimum absolute atomic E-state index is 0.108. The minimum Gasteiger partial charge on any atom is -0.444 e. The number of aliphatic hydroxyl groups is 1. The molecule has 2 aliphatic heterocycles. The summed E-state index contributed by atoms with van der Waals surface area (Å²) in [6.07, 6.45) is 0.885. The van der Waals surface area contributed by atoms with Gasteiger partial charge in [-0.1, -0.05) is 36.4 Å². The van der Waals surface area contributed by atoms with E-state index in [2.05, 4.69) is 6.07 Å². The second-order valence-electron chi connectivity index (χ2n) is 9.06. The summed E-state index contributed by atoms with van der Waals surface area (Å²) >= 11 is 0. The van der Waals surface area contributed by atoms with Crippen LogP contribution >= 0.6 is 0 Å². The number of carbonyl (C=O) groups is 2. The van der Waals surface area contributed by atoms with Crippen molar-refractivity contribution in [3.05, 3.63) is 71.0 Å². The third-order valence-electron chi connectivity index (χ3n) is 5.42. The third-order valence-corrected chi connectivity index (χ3v) is 5.42. The number of benzene rings is 2. The highest BCUT2D eigenvalue weighted by atomic mass is 19.1. The summed E-state index contributed by atoms with van der Waals surface area (Å²) < 4.78 is 30.9. The number of hydrogen-bond acceptors (Lipinski definition) is 4. The molecule has 0 spiro atoms. The standard InChI is InChI=1S/C16H14FNO.C9H16FNO2.CH4O/c17-14-7-5-13(6-8-14)16-15-4-2-1-3-12(15)9-10-18(16)11-19;1-9(2,3)13-8(12)11-5-4-7(10)6-11;1-2/h1-8,11,16H,9-10H2;7H,4-6H2,1-3H3;2H,1H3/t16-;7-;/m00./s1. The third kappa shape index (κ3) is 7.52. The van der Waals surface area contributed by atoms with E-state index in [1.54, 1.807) is 37.8 Å². The smallest absolute Gasteiger partial charge is 0.410 e. The molecule has 2 aromatic carbocycles. The van der Waals surface area contributed by atoms with Gasteiger partial charge in [-0.05, 0) is 62.4 Å². The van der Waals surface area contributed by atoms with Crippen LogP contribution in [0.3, 0.4) is 0 Å². The monoisotopic (exact) mass is 476 g/mol. The van der Waals surface area contributed by atoms with Gasteiger partial charge in [-0.15, -0.1) is 0 Å². The number of fused-ring (bicyclic) bond motifs is 1. The van der Waals surface area contributed by atoms with Crippen molar-refractivity contribution in [1.82, 2.24) is 9.80 Å². The molecule has 0 unspecified atom stereocenters. The average Bonchev–Trinajstić information content (AvgIpc) is 3.26. The number of ether oxygens (including phenoxy) is 1. The summed E-state index contributed by atoms with van der Waals surface area (Å²) in [7, 11) is 1.00. The molecule has 2 aromatic rings. The van der Waals surface area contributed by atoms with Gasteiger partial charge >= 0.3 is 6.09 Å². The first-order chi connectivity index (χ1) is 16.2. The zero-order chi connectivity index (χ0) is 25.3. The summed E-state index contributed by atoms with van der Waals surface area (Å²) in [5.74, 6) is -0.259. The van der Waals surface area contributed by atoms with Gasteiger partial charge in [-0.25, -0.2) is 13.6 Å². The molecule has 186 valence electrons. The largest absolute Gasteiger partial charge is 0.444 e. The Hall–Kier alpha value is -3.00. The molecule has 1 N–H and O–H groups in total. The van der Waals surface area contributed by atoms with Crippen LogP contribution in [-0.4, -0.2) is 65.9 Å². The first-order valence-electron chi connectivity index (χ1n) is 11.3. The number of carbonyl (C=O) groups excluding carboxylic acids is 2. The molecule has 0 bridgehead atoms. The Morgan fingerprint density at radius 3 is 2.29 bits per heavy atom. The lowest BCUT2D eigenvalue weighted by molar-refractivity contribution is -0.119. The summed E-state index contributed by atoms with van der Waals surface area (Å²) in [6, 6.07) is 14.4. The zero-order valence-corrected chi connectivity index (χ0v) is 20.2. The molecular formula is C26H34F2N2O4. The number of halogens is 2. The first-order valence-corrected chi connectivity index (χ1v) is 11.3. The first kappa shape index (κ1) is 27.2. The predicted molar refractivity (Wildman–Crippen MR) is 127 cm³/mol. The van der Waals surface area contributed by atoms with Gasteiger partial charge in [-0.2, -0.15) is 0 Å². The van der Waals surface area contributed by atoms with Crippen molar-refractivity contribution in [2.24, 2.45) is 0 Å². The van der Waals surface area contributed by atoms with Crippen LogP contribution in [0.5, 0.6) is 0 Å². The molecule has 2 aliphatic rings. The van der Waals surface area contributed by atoms with Crippen molar-refractivity contribution in [3.8, 4) is 0 Å². The lowest BCUT2D eigenvalue weighted by atomic mass is 9.88. The molecule has 1 fully saturated rings. The Balaban J connectivity index is 0.000000239. The fourth-order valence-corrected chi connectivity index (χ4v) is 3.93. The van der Waals surface area contributed by atoms with Crippen LogP contribution in [0.15, 0.2) is 48.5 Å². The van der Waals surface area contributed by atoms with Gasteiger partial charge in [-0.3, -0.25) is 4.79 Å². The number of aliphatic hydroxyl groups excluding tert-OH is 1. The van der Waals surface area contributed by atoms with Crippen molar-refractivity contribution in [1.29, 1.82) is 0 Å². The fourth-order valence-electron chi connectivity index (χ4n) is 3.93. The number of nitrogens with zero attached hydrogens (tertiary/aromatic N) is 2. The molecule has 2 atom stereocenters. The van der Waals surface area contributed by atoms with E-state index < -0.39 is 17.9 Å². The van der Waals surface area contributed by atoms with E-state index in [9.17, 15) is 18.4 Å². The molecule has 0 aliphatic carbocycles. The summed E-state index contributed by atoms with van der Waals surface area (Å²) in [4.78, 5) is 25.8. The molecule has 0 radical (unpaired) electrons. The van der Waals surface area contributed by atoms with Gasteiger partial charge in [0.25, 0.3) is 0 Å². The molecule has 8 heteroatoms. The topological polar surface area (TPSA) is 70.1 Å². The molecule has 4 rings (SSSR count). The van der Waals surface area contributed by atoms with Crippen LogP contribution in [-0.2, 0) is 16.0 Å². The molecule has 34 heavy (non-hydrogen) atoms. The average molecular weight is 477 g/mol. The molecule has 1 saturated heterocycles. The van der Waals surface area contributed by atoms with E-state index in [0.29, 0.717) is 19.5 Å². The zero-order valence-electron chi connectivity index (χ0n) is 20.2. The van der Waals surface area contributed by atoms with E-state index in [1.165, 1.54) is 22.6 Å². The Bertz CT molecular complexity index is 931. The number of hydrogen-bond donors (Lipinski definition) is 1. The van der Waals surface area contributed by atoms with Crippen molar-refractivity contribution < 1.29 is 28.2 Å². The molecular weight excluding hydrogens is 442 g/mol. The van der Waals surface area contributed by atoms with Crippen LogP contribution < -0.4 is 0 Å². The van der Waals surface area contributed by atoms with E-state index in [1.807, 2.05) is 18.2 Å². The van der Waals surface area contributed by atoms with Crippen LogP contribution in [0, 0.1) is 5.82 Å². The second-order valence-corrected chi connectivity index (χ2v) is 9.06. The lowest BCUT2D eigenvalue weighted by Gasteiger charge is -2.35. The molecule has 6 nitrogen and oxygen atoms in total. The normalized spacial score (nSPS) is 19.1. The highest BCUT2D eigenvalue weighted by Gasteiger charge is 2.29. The van der Waals surface area contributed by atoms with Crippen molar-refractivity contribution in [3.63, 3.8) is 0 Å². The predicted octanol–water partition coefficient (Wildman–Crippen LogP) is 4.50. The Labute approximate surface area is 200 Å². The molecule has 2 heterocycles. The summed E-state index contributed by atoms with van der Waals surface area (Å²) in [5.41, 5.74) is 2.84. The maximum Gasteiger partial charge on any atom is 0.410 e. The Kier molecular flexibility index (Phi) is 9.98. The van der Waals surface area contributed by atoms with Crippen molar-refractivity contribution in [2.45, 2.75) is 51.4 Å². The maximum atomic E-state index is 13.0. The van der Waals surface area contributed by atoms with Gasteiger partial charge in [0.1, 0.15) is 17.6 Å². The van der Waals surface area contributed by atoms with Crippen molar-refractivity contribution in [2.75, 3.05) is 26.7 Å². The Morgan fingerprint density at radius 2 is 1.74 bits per heavy atom. The highest BCUT2D eigenvalue weighted by molar-refractivity contribution is 5.68. The number of alkyl halides is 1. The molecule has 0 saturated carbocycles. The second kappa shape index (κ2) is 12.5. The van der Waals surface area contributed by atoms with Gasteiger partial charge in [0.05, 0.1) is 12.6 Å². The van der Waals surface area contributed by atoms with E-state index in [0.717, 1.165) is 31.1 Å². The lowest BCUT2D eigenvalue weighted by Crippen LogP contribution is -2.35. The molecule has 0 aromatic heterocycles. The van der Waals surface area contributed by atoms with Gasteiger partial charge in [0.15, 0.2) is 0 Å². The SMILES string of the molecule is CC(C)(C)OC(=O)N1CC[C@H](F)C1.CO.O=CN1CCc2ccccc2[C@@H]1c1ccc(F)cc1. The quantitative estimate of drug-likeness (QED) is 0.648. The number of likely N-dealkylation sites (tertiary alicyclic amines) is 1. The van der Waals surface area contributed by atoms with E-state index >= 15 is 0 Å². The van der Waals surface area contributed by atoms with Gasteiger partial charge < -0.3 is 19.6 Å². The summed E-state index contributed by atoms with van der Waals surface area (Å²) in [5, 5.41) is 7.00. The number of rotatable bonds is 2. The van der Waals surface area contributed by atoms with Gasteiger partial charge in [0.2, 0.25) is 6.41 Å². The van der Waals surface area contributed by atoms with E-state index in [4.69, 9.17) is 9.84 Å². The van der Waals surface area contributed by atoms with Crippen LogP contribution in [0.4, 0.5) is 13.6 Å². The summed E-state index contributed by atoms with van der Waals surface area (Å²) in [6.45, 7) is 6.74. The fraction of sp³-hybridized carbons (Fsp3) is 0.462. The highest BCUT2D eigenvalue weighted by Crippen LogP contribution is 2.34. The molecule has 2 amide bonds. The van der Waals surface area contributed by atoms with E-state index in [-0.39, 0.29) is 18.4 Å². The van der Waals surface area contributed by atoms with Crippen LogP contribution in [0.2, 0.25) is 0 Å². The van der Waals surface area contributed by atoms with Crippen LogP contribution in [0.25, 0.3) is 0 Å². The van der Waals surface area contributed by atoms with Crippen molar-refractivity contribution >= 4 is 12.5 Å². The maximum absolute atomic E-state index is 13.0. The Morgan fingerprint density at radius 1 is 1.09 bits per heavy atom. The minimum atomic E-state index is -0.882. The number of amides is 2. The van der Waals surface area contributed by atoms with Crippen LogP contribution in [0.1, 0.15) is 49.9 Å².